The van der Waals surface area contributed by atoms with Crippen molar-refractivity contribution in [2.24, 2.45) is 0 Å². The summed E-state index contributed by atoms with van der Waals surface area (Å²) in [5.74, 6) is 0. The molecular formula is C12H19BrN2O2S. The second kappa shape index (κ2) is 7.23. The van der Waals surface area contributed by atoms with Crippen LogP contribution in [0, 0.1) is 6.92 Å². The molecule has 0 saturated carbocycles. The summed E-state index contributed by atoms with van der Waals surface area (Å²) in [4.78, 5) is 0.287. The lowest BCUT2D eigenvalue weighted by Crippen LogP contribution is -2.32. The Hall–Kier alpha value is -0.430. The van der Waals surface area contributed by atoms with Gasteiger partial charge in [0.15, 0.2) is 0 Å². The molecule has 0 amide bonds. The lowest BCUT2D eigenvalue weighted by molar-refractivity contribution is 0.575. The van der Waals surface area contributed by atoms with Gasteiger partial charge in [0.05, 0.1) is 4.90 Å². The van der Waals surface area contributed by atoms with E-state index in [4.69, 9.17) is 0 Å². The Bertz CT molecular complexity index is 489. The number of benzene rings is 1. The normalized spacial score (nSPS) is 11.7. The minimum atomic E-state index is -3.41. The Labute approximate surface area is 117 Å². The van der Waals surface area contributed by atoms with Gasteiger partial charge in [0, 0.05) is 17.6 Å². The number of nitrogens with one attached hydrogen (secondary N) is 2. The highest BCUT2D eigenvalue weighted by atomic mass is 79.9. The number of halogens is 1. The fourth-order valence-corrected chi connectivity index (χ4v) is 2.99. The molecule has 1 aromatic rings. The van der Waals surface area contributed by atoms with Crippen LogP contribution in [0.4, 0.5) is 0 Å². The zero-order valence-electron chi connectivity index (χ0n) is 10.7. The largest absolute Gasteiger partial charge is 0.315 e. The Morgan fingerprint density at radius 1 is 1.22 bits per heavy atom. The summed E-state index contributed by atoms with van der Waals surface area (Å²) in [7, 11) is -3.41. The third-order valence-corrected chi connectivity index (χ3v) is 4.79. The van der Waals surface area contributed by atoms with E-state index in [-0.39, 0.29) is 4.90 Å². The molecule has 0 fully saturated rings. The standard InChI is InChI=1S/C12H19BrN2O2S/c1-3-6-14-7-8-15-18(16,17)11-5-4-10(2)12(13)9-11/h4-5,9,14-15H,3,6-8H2,1-2H3. The highest BCUT2D eigenvalue weighted by molar-refractivity contribution is 9.10. The fraction of sp³-hybridized carbons (Fsp3) is 0.500. The highest BCUT2D eigenvalue weighted by Crippen LogP contribution is 2.20. The molecule has 2 N–H and O–H groups in total. The number of rotatable bonds is 7. The van der Waals surface area contributed by atoms with Gasteiger partial charge in [-0.05, 0) is 37.6 Å². The van der Waals surface area contributed by atoms with Crippen molar-refractivity contribution >= 4 is 26.0 Å². The van der Waals surface area contributed by atoms with E-state index in [1.165, 1.54) is 0 Å². The fourth-order valence-electron chi connectivity index (χ4n) is 1.40. The van der Waals surface area contributed by atoms with Crippen LogP contribution in [-0.2, 0) is 10.0 Å². The van der Waals surface area contributed by atoms with Crippen molar-refractivity contribution in [1.82, 2.24) is 10.0 Å². The van der Waals surface area contributed by atoms with E-state index in [0.717, 1.165) is 23.0 Å². The molecule has 0 aromatic heterocycles. The first-order chi connectivity index (χ1) is 8.47. The van der Waals surface area contributed by atoms with Gasteiger partial charge in [-0.1, -0.05) is 28.9 Å². The summed E-state index contributed by atoms with van der Waals surface area (Å²) in [6, 6.07) is 5.02. The first kappa shape index (κ1) is 15.6. The molecule has 0 atom stereocenters. The molecule has 0 heterocycles. The molecule has 0 aliphatic heterocycles. The Morgan fingerprint density at radius 3 is 2.56 bits per heavy atom. The second-order valence-electron chi connectivity index (χ2n) is 4.06. The van der Waals surface area contributed by atoms with Crippen LogP contribution >= 0.6 is 15.9 Å². The minimum Gasteiger partial charge on any atom is -0.315 e. The van der Waals surface area contributed by atoms with Crippen molar-refractivity contribution in [2.45, 2.75) is 25.2 Å². The molecule has 0 saturated heterocycles. The number of aryl methyl sites for hydroxylation is 1. The lowest BCUT2D eigenvalue weighted by atomic mass is 10.2. The summed E-state index contributed by atoms with van der Waals surface area (Å²) in [5.41, 5.74) is 1.01. The van der Waals surface area contributed by atoms with Crippen LogP contribution in [-0.4, -0.2) is 28.1 Å². The predicted octanol–water partition coefficient (Wildman–Crippen LogP) is 2.04. The molecule has 18 heavy (non-hydrogen) atoms. The van der Waals surface area contributed by atoms with Crippen molar-refractivity contribution in [3.8, 4) is 0 Å². The van der Waals surface area contributed by atoms with Crippen LogP contribution in [0.1, 0.15) is 18.9 Å². The minimum absolute atomic E-state index is 0.287. The van der Waals surface area contributed by atoms with Crippen molar-refractivity contribution in [2.75, 3.05) is 19.6 Å². The molecule has 4 nitrogen and oxygen atoms in total. The Kier molecular flexibility index (Phi) is 6.28. The van der Waals surface area contributed by atoms with Gasteiger partial charge in [-0.25, -0.2) is 13.1 Å². The van der Waals surface area contributed by atoms with Gasteiger partial charge in [0.25, 0.3) is 0 Å². The van der Waals surface area contributed by atoms with Gasteiger partial charge in [-0.15, -0.1) is 0 Å². The van der Waals surface area contributed by atoms with Gasteiger partial charge in [0.2, 0.25) is 10.0 Å². The maximum atomic E-state index is 12.0. The van der Waals surface area contributed by atoms with Crippen LogP contribution in [0.5, 0.6) is 0 Å². The summed E-state index contributed by atoms with van der Waals surface area (Å²) >= 11 is 3.34. The average Bonchev–Trinajstić information content (AvgIpc) is 2.32. The van der Waals surface area contributed by atoms with Gasteiger partial charge < -0.3 is 5.32 Å². The zero-order valence-corrected chi connectivity index (χ0v) is 13.1. The SMILES string of the molecule is CCCNCCNS(=O)(=O)c1ccc(C)c(Br)c1. The molecule has 0 spiro atoms. The Morgan fingerprint density at radius 2 is 1.94 bits per heavy atom. The summed E-state index contributed by atoms with van der Waals surface area (Å²) in [6.07, 6.45) is 1.04. The van der Waals surface area contributed by atoms with Crippen molar-refractivity contribution in [1.29, 1.82) is 0 Å². The van der Waals surface area contributed by atoms with E-state index in [2.05, 4.69) is 32.9 Å². The second-order valence-corrected chi connectivity index (χ2v) is 6.68. The van der Waals surface area contributed by atoms with E-state index in [1.54, 1.807) is 18.2 Å². The van der Waals surface area contributed by atoms with E-state index in [1.807, 2.05) is 6.92 Å². The van der Waals surface area contributed by atoms with E-state index in [0.29, 0.717) is 13.1 Å². The topological polar surface area (TPSA) is 58.2 Å². The first-order valence-electron chi connectivity index (χ1n) is 5.94. The molecule has 102 valence electrons. The van der Waals surface area contributed by atoms with Gasteiger partial charge in [0.1, 0.15) is 0 Å². The smallest absolute Gasteiger partial charge is 0.240 e. The monoisotopic (exact) mass is 334 g/mol. The zero-order chi connectivity index (χ0) is 13.6. The van der Waals surface area contributed by atoms with Crippen molar-refractivity contribution in [3.05, 3.63) is 28.2 Å². The van der Waals surface area contributed by atoms with Crippen molar-refractivity contribution in [3.63, 3.8) is 0 Å². The molecule has 0 radical (unpaired) electrons. The molecule has 0 aliphatic carbocycles. The van der Waals surface area contributed by atoms with E-state index >= 15 is 0 Å². The van der Waals surface area contributed by atoms with Gasteiger partial charge in [-0.2, -0.15) is 0 Å². The maximum Gasteiger partial charge on any atom is 0.240 e. The average molecular weight is 335 g/mol. The molecule has 0 bridgehead atoms. The number of hydrogen-bond acceptors (Lipinski definition) is 3. The third-order valence-electron chi connectivity index (χ3n) is 2.47. The molecule has 1 aromatic carbocycles. The summed E-state index contributed by atoms with van der Waals surface area (Å²) in [6.45, 7) is 5.93. The summed E-state index contributed by atoms with van der Waals surface area (Å²) in [5, 5.41) is 3.14. The third kappa shape index (κ3) is 4.68. The van der Waals surface area contributed by atoms with Crippen LogP contribution in [0.15, 0.2) is 27.6 Å². The van der Waals surface area contributed by atoms with Crippen LogP contribution in [0.2, 0.25) is 0 Å². The maximum absolute atomic E-state index is 12.0. The number of hydrogen-bond donors (Lipinski definition) is 2. The molecule has 0 aliphatic rings. The van der Waals surface area contributed by atoms with E-state index < -0.39 is 10.0 Å². The van der Waals surface area contributed by atoms with Gasteiger partial charge in [-0.3, -0.25) is 0 Å². The van der Waals surface area contributed by atoms with Crippen LogP contribution in [0.3, 0.4) is 0 Å². The molecule has 0 unspecified atom stereocenters. The van der Waals surface area contributed by atoms with Crippen molar-refractivity contribution < 1.29 is 8.42 Å². The Balaban J connectivity index is 2.60. The van der Waals surface area contributed by atoms with Crippen LogP contribution in [0.25, 0.3) is 0 Å². The molecular weight excluding hydrogens is 316 g/mol. The molecule has 1 rings (SSSR count). The number of sulfonamides is 1. The summed E-state index contributed by atoms with van der Waals surface area (Å²) < 4.78 is 27.3. The quantitative estimate of drug-likeness (QED) is 0.750. The molecule has 6 heteroatoms. The van der Waals surface area contributed by atoms with Gasteiger partial charge >= 0.3 is 0 Å². The van der Waals surface area contributed by atoms with E-state index in [9.17, 15) is 8.42 Å². The first-order valence-corrected chi connectivity index (χ1v) is 8.21. The lowest BCUT2D eigenvalue weighted by Gasteiger charge is -2.08. The highest BCUT2D eigenvalue weighted by Gasteiger charge is 2.13. The van der Waals surface area contributed by atoms with Crippen LogP contribution < -0.4 is 10.0 Å². The predicted molar refractivity (Wildman–Crippen MR) is 77.2 cm³/mol.